The molecule has 0 aromatic carbocycles. The van der Waals surface area contributed by atoms with Gasteiger partial charge in [-0.3, -0.25) is 4.79 Å². The van der Waals surface area contributed by atoms with E-state index in [1.165, 1.54) is 20.0 Å². The summed E-state index contributed by atoms with van der Waals surface area (Å²) >= 11 is 0. The molecule has 0 bridgehead atoms. The Kier molecular flexibility index (Phi) is 4.39. The lowest BCUT2D eigenvalue weighted by Gasteiger charge is -2.05. The molecular formula is C8H9FN2O. The Morgan fingerprint density at radius 3 is 2.50 bits per heavy atom. The van der Waals surface area contributed by atoms with Gasteiger partial charge in [0.15, 0.2) is 0 Å². The molecule has 0 aliphatic heterocycles. The standard InChI is InChI=1S/C8H9FN2O/c1-7(9)3-4-8(5-10)11(2)6-12/h3-4,6H,1-2H3/b7-3+,8-4-. The zero-order chi connectivity index (χ0) is 9.56. The van der Waals surface area contributed by atoms with E-state index in [0.29, 0.717) is 6.41 Å². The van der Waals surface area contributed by atoms with Crippen LogP contribution in [0, 0.1) is 11.3 Å². The van der Waals surface area contributed by atoms with Crippen LogP contribution in [0.15, 0.2) is 23.7 Å². The van der Waals surface area contributed by atoms with Crippen molar-refractivity contribution in [1.29, 1.82) is 5.26 Å². The molecule has 4 heteroatoms. The van der Waals surface area contributed by atoms with Crippen LogP contribution in [0.2, 0.25) is 0 Å². The van der Waals surface area contributed by atoms with Gasteiger partial charge < -0.3 is 4.90 Å². The number of carbonyl (C=O) groups is 1. The lowest BCUT2D eigenvalue weighted by Crippen LogP contribution is -2.13. The molecule has 0 saturated carbocycles. The van der Waals surface area contributed by atoms with Crippen LogP contribution in [-0.4, -0.2) is 18.4 Å². The maximum Gasteiger partial charge on any atom is 0.214 e. The van der Waals surface area contributed by atoms with Crippen molar-refractivity contribution in [3.05, 3.63) is 23.7 Å². The summed E-state index contributed by atoms with van der Waals surface area (Å²) in [6, 6.07) is 1.75. The topological polar surface area (TPSA) is 44.1 Å². The number of allylic oxidation sites excluding steroid dienone is 4. The third-order valence-electron chi connectivity index (χ3n) is 1.12. The molecule has 0 aliphatic rings. The van der Waals surface area contributed by atoms with Gasteiger partial charge in [-0.25, -0.2) is 4.39 Å². The van der Waals surface area contributed by atoms with Crippen LogP contribution in [0.5, 0.6) is 0 Å². The highest BCUT2D eigenvalue weighted by molar-refractivity contribution is 5.53. The quantitative estimate of drug-likeness (QED) is 0.362. The van der Waals surface area contributed by atoms with Crippen LogP contribution < -0.4 is 0 Å². The van der Waals surface area contributed by atoms with Gasteiger partial charge in [-0.05, 0) is 19.1 Å². The van der Waals surface area contributed by atoms with Gasteiger partial charge in [-0.1, -0.05) is 0 Å². The molecule has 0 aliphatic carbocycles. The van der Waals surface area contributed by atoms with E-state index in [-0.39, 0.29) is 5.70 Å². The first-order valence-electron chi connectivity index (χ1n) is 3.24. The summed E-state index contributed by atoms with van der Waals surface area (Å²) in [6.45, 7) is 1.26. The van der Waals surface area contributed by atoms with Gasteiger partial charge in [0.1, 0.15) is 11.8 Å². The number of nitrogens with zero attached hydrogens (tertiary/aromatic N) is 2. The molecular weight excluding hydrogens is 159 g/mol. The minimum absolute atomic E-state index is 0.0991. The van der Waals surface area contributed by atoms with E-state index >= 15 is 0 Å². The van der Waals surface area contributed by atoms with Gasteiger partial charge in [0, 0.05) is 7.05 Å². The highest BCUT2D eigenvalue weighted by atomic mass is 19.1. The average molecular weight is 168 g/mol. The Balaban J connectivity index is 4.58. The molecule has 0 aromatic rings. The zero-order valence-electron chi connectivity index (χ0n) is 6.91. The molecule has 0 heterocycles. The fourth-order valence-electron chi connectivity index (χ4n) is 0.484. The molecule has 0 rings (SSSR count). The summed E-state index contributed by atoms with van der Waals surface area (Å²) in [5.41, 5.74) is 0.0991. The predicted molar refractivity (Wildman–Crippen MR) is 42.4 cm³/mol. The van der Waals surface area contributed by atoms with Crippen LogP contribution in [-0.2, 0) is 4.79 Å². The maximum atomic E-state index is 12.2. The fraction of sp³-hybridized carbons (Fsp3) is 0.250. The molecule has 64 valence electrons. The first-order valence-corrected chi connectivity index (χ1v) is 3.24. The molecule has 0 unspecified atom stereocenters. The monoisotopic (exact) mass is 168 g/mol. The predicted octanol–water partition coefficient (Wildman–Crippen LogP) is 1.36. The lowest BCUT2D eigenvalue weighted by atomic mass is 10.3. The Morgan fingerprint density at radius 2 is 2.17 bits per heavy atom. The molecule has 0 atom stereocenters. The summed E-state index contributed by atoms with van der Waals surface area (Å²) < 4.78 is 12.2. The van der Waals surface area contributed by atoms with E-state index in [4.69, 9.17) is 5.26 Å². The molecule has 3 nitrogen and oxygen atoms in total. The SMILES string of the molecule is C/C(F)=C\C=C(\C#N)N(C)C=O. The van der Waals surface area contributed by atoms with Crippen molar-refractivity contribution >= 4 is 6.41 Å². The van der Waals surface area contributed by atoms with E-state index in [9.17, 15) is 9.18 Å². The second kappa shape index (κ2) is 5.08. The molecule has 0 N–H and O–H groups in total. The van der Waals surface area contributed by atoms with Crippen LogP contribution in [0.25, 0.3) is 0 Å². The molecule has 0 spiro atoms. The van der Waals surface area contributed by atoms with Gasteiger partial charge in [-0.2, -0.15) is 5.26 Å². The van der Waals surface area contributed by atoms with Gasteiger partial charge in [0.25, 0.3) is 0 Å². The van der Waals surface area contributed by atoms with E-state index < -0.39 is 5.83 Å². The average Bonchev–Trinajstić information content (AvgIpc) is 2.04. The summed E-state index contributed by atoms with van der Waals surface area (Å²) in [4.78, 5) is 11.2. The zero-order valence-corrected chi connectivity index (χ0v) is 6.91. The van der Waals surface area contributed by atoms with E-state index in [1.807, 2.05) is 0 Å². The fourth-order valence-corrected chi connectivity index (χ4v) is 0.484. The van der Waals surface area contributed by atoms with Crippen LogP contribution in [0.1, 0.15) is 6.92 Å². The van der Waals surface area contributed by atoms with E-state index in [0.717, 1.165) is 11.0 Å². The Labute approximate surface area is 70.4 Å². The number of halogens is 1. The molecule has 0 radical (unpaired) electrons. The van der Waals surface area contributed by atoms with Crippen LogP contribution >= 0.6 is 0 Å². The smallest absolute Gasteiger partial charge is 0.214 e. The highest BCUT2D eigenvalue weighted by Crippen LogP contribution is 2.00. The lowest BCUT2D eigenvalue weighted by molar-refractivity contribution is -0.115. The number of nitriles is 1. The van der Waals surface area contributed by atoms with Crippen molar-refractivity contribution < 1.29 is 9.18 Å². The molecule has 12 heavy (non-hydrogen) atoms. The van der Waals surface area contributed by atoms with Crippen molar-refractivity contribution in [3.63, 3.8) is 0 Å². The first kappa shape index (κ1) is 10.4. The summed E-state index contributed by atoms with van der Waals surface area (Å²) in [5.74, 6) is -0.415. The third-order valence-corrected chi connectivity index (χ3v) is 1.12. The van der Waals surface area contributed by atoms with E-state index in [2.05, 4.69) is 0 Å². The van der Waals surface area contributed by atoms with Crippen molar-refractivity contribution in [2.75, 3.05) is 7.05 Å². The van der Waals surface area contributed by atoms with Crippen molar-refractivity contribution in [3.8, 4) is 6.07 Å². The number of hydrogen-bond acceptors (Lipinski definition) is 2. The minimum atomic E-state index is -0.415. The van der Waals surface area contributed by atoms with Crippen molar-refractivity contribution in [1.82, 2.24) is 4.90 Å². The summed E-state index contributed by atoms with van der Waals surface area (Å²) in [7, 11) is 1.42. The van der Waals surface area contributed by atoms with Crippen molar-refractivity contribution in [2.45, 2.75) is 6.92 Å². The van der Waals surface area contributed by atoms with Gasteiger partial charge in [-0.15, -0.1) is 0 Å². The molecule has 0 fully saturated rings. The minimum Gasteiger partial charge on any atom is -0.309 e. The Hall–Kier alpha value is -1.63. The Morgan fingerprint density at radius 1 is 1.58 bits per heavy atom. The van der Waals surface area contributed by atoms with Crippen LogP contribution in [0.4, 0.5) is 4.39 Å². The third kappa shape index (κ3) is 3.52. The van der Waals surface area contributed by atoms with Gasteiger partial charge in [0.05, 0.1) is 5.83 Å². The Bertz CT molecular complexity index is 259. The summed E-state index contributed by atoms with van der Waals surface area (Å²) in [6.07, 6.45) is 2.85. The summed E-state index contributed by atoms with van der Waals surface area (Å²) in [5, 5.41) is 8.47. The molecule has 0 saturated heterocycles. The molecule has 1 amide bonds. The van der Waals surface area contributed by atoms with Gasteiger partial charge >= 0.3 is 0 Å². The number of carbonyl (C=O) groups excluding carboxylic acids is 1. The molecule has 0 aromatic heterocycles. The van der Waals surface area contributed by atoms with Gasteiger partial charge in [0.2, 0.25) is 6.41 Å². The number of hydrogen-bond donors (Lipinski definition) is 0. The number of amides is 1. The first-order chi connectivity index (χ1) is 5.61. The highest BCUT2D eigenvalue weighted by Gasteiger charge is 1.98. The second-order valence-electron chi connectivity index (χ2n) is 2.13. The second-order valence-corrected chi connectivity index (χ2v) is 2.13. The maximum absolute atomic E-state index is 12.2. The van der Waals surface area contributed by atoms with Crippen molar-refractivity contribution in [2.24, 2.45) is 0 Å². The van der Waals surface area contributed by atoms with Crippen LogP contribution in [0.3, 0.4) is 0 Å². The van der Waals surface area contributed by atoms with E-state index in [1.54, 1.807) is 6.07 Å². The normalized spacial score (nSPS) is 12.2. The number of rotatable bonds is 3. The largest absolute Gasteiger partial charge is 0.309 e.